The Morgan fingerprint density at radius 3 is 2.87 bits per heavy atom. The molecular formula is C11H12FN3. The minimum absolute atomic E-state index is 0.256. The number of halogens is 1. The summed E-state index contributed by atoms with van der Waals surface area (Å²) in [5.41, 5.74) is 5.97. The molecule has 0 saturated carbocycles. The number of hydrogen-bond donors (Lipinski definition) is 1. The van der Waals surface area contributed by atoms with Gasteiger partial charge in [0.2, 0.25) is 0 Å². The molecule has 1 aromatic carbocycles. The molecule has 0 spiro atoms. The Bertz CT molecular complexity index is 451. The lowest BCUT2D eigenvalue weighted by Crippen LogP contribution is -2.09. The molecule has 2 aromatic rings. The number of para-hydroxylation sites is 1. The molecule has 3 nitrogen and oxygen atoms in total. The summed E-state index contributed by atoms with van der Waals surface area (Å²) < 4.78 is 15.2. The normalized spacial score (nSPS) is 10.5. The van der Waals surface area contributed by atoms with Gasteiger partial charge in [-0.3, -0.25) is 0 Å². The quantitative estimate of drug-likeness (QED) is 0.825. The molecule has 1 aromatic heterocycles. The summed E-state index contributed by atoms with van der Waals surface area (Å²) in [5.74, 6) is 0.524. The van der Waals surface area contributed by atoms with Crippen LogP contribution in [-0.4, -0.2) is 16.1 Å². The molecule has 0 aliphatic rings. The van der Waals surface area contributed by atoms with Gasteiger partial charge in [-0.25, -0.2) is 9.37 Å². The van der Waals surface area contributed by atoms with Gasteiger partial charge in [0.1, 0.15) is 11.6 Å². The summed E-state index contributed by atoms with van der Waals surface area (Å²) >= 11 is 0. The average molecular weight is 205 g/mol. The van der Waals surface area contributed by atoms with E-state index in [4.69, 9.17) is 5.73 Å². The first-order valence-corrected chi connectivity index (χ1v) is 4.80. The largest absolute Gasteiger partial charge is 0.330 e. The molecule has 0 aliphatic heterocycles. The van der Waals surface area contributed by atoms with Crippen molar-refractivity contribution >= 4 is 0 Å². The molecule has 0 fully saturated rings. The predicted octanol–water partition coefficient (Wildman–Crippen LogP) is 1.51. The molecule has 78 valence electrons. The number of imidazole rings is 1. The van der Waals surface area contributed by atoms with Crippen LogP contribution in [-0.2, 0) is 6.42 Å². The minimum Gasteiger partial charge on any atom is -0.330 e. The summed E-state index contributed by atoms with van der Waals surface area (Å²) in [7, 11) is 0. The molecule has 0 unspecified atom stereocenters. The second-order valence-corrected chi connectivity index (χ2v) is 3.20. The SMILES string of the molecule is NCCc1nccn1-c1ccccc1F. The zero-order valence-corrected chi connectivity index (χ0v) is 8.23. The van der Waals surface area contributed by atoms with E-state index in [0.29, 0.717) is 18.7 Å². The van der Waals surface area contributed by atoms with Crippen LogP contribution < -0.4 is 5.73 Å². The maximum Gasteiger partial charge on any atom is 0.147 e. The van der Waals surface area contributed by atoms with Crippen LogP contribution in [0.4, 0.5) is 4.39 Å². The summed E-state index contributed by atoms with van der Waals surface area (Å²) in [5, 5.41) is 0. The molecular weight excluding hydrogens is 193 g/mol. The van der Waals surface area contributed by atoms with Crippen molar-refractivity contribution in [2.75, 3.05) is 6.54 Å². The Labute approximate surface area is 87.4 Å². The fourth-order valence-corrected chi connectivity index (χ4v) is 1.51. The monoisotopic (exact) mass is 205 g/mol. The lowest BCUT2D eigenvalue weighted by Gasteiger charge is -2.07. The summed E-state index contributed by atoms with van der Waals surface area (Å²) in [6.07, 6.45) is 4.03. The third-order valence-corrected chi connectivity index (χ3v) is 2.20. The van der Waals surface area contributed by atoms with Crippen molar-refractivity contribution in [1.29, 1.82) is 0 Å². The zero-order valence-electron chi connectivity index (χ0n) is 8.23. The first-order valence-electron chi connectivity index (χ1n) is 4.80. The Morgan fingerprint density at radius 2 is 2.13 bits per heavy atom. The van der Waals surface area contributed by atoms with E-state index in [1.807, 2.05) is 0 Å². The van der Waals surface area contributed by atoms with E-state index in [1.54, 1.807) is 35.2 Å². The lowest BCUT2D eigenvalue weighted by atomic mass is 10.3. The maximum atomic E-state index is 13.5. The van der Waals surface area contributed by atoms with Crippen molar-refractivity contribution in [2.24, 2.45) is 5.73 Å². The fraction of sp³-hybridized carbons (Fsp3) is 0.182. The van der Waals surface area contributed by atoms with Crippen LogP contribution in [0.25, 0.3) is 5.69 Å². The first kappa shape index (κ1) is 9.86. The molecule has 2 rings (SSSR count). The Kier molecular flexibility index (Phi) is 2.78. The molecule has 0 aliphatic carbocycles. The zero-order chi connectivity index (χ0) is 10.7. The predicted molar refractivity (Wildman–Crippen MR) is 56.3 cm³/mol. The molecule has 1 heterocycles. The third kappa shape index (κ3) is 1.89. The van der Waals surface area contributed by atoms with Gasteiger partial charge in [0.05, 0.1) is 5.69 Å². The molecule has 4 heteroatoms. The van der Waals surface area contributed by atoms with Gasteiger partial charge in [-0.1, -0.05) is 12.1 Å². The maximum absolute atomic E-state index is 13.5. The van der Waals surface area contributed by atoms with Crippen LogP contribution in [0.2, 0.25) is 0 Å². The van der Waals surface area contributed by atoms with Crippen molar-refractivity contribution < 1.29 is 4.39 Å². The van der Waals surface area contributed by atoms with Crippen LogP contribution in [0.3, 0.4) is 0 Å². The van der Waals surface area contributed by atoms with Crippen LogP contribution in [0, 0.1) is 5.82 Å². The van der Waals surface area contributed by atoms with Gasteiger partial charge in [0, 0.05) is 18.8 Å². The van der Waals surface area contributed by atoms with Crippen LogP contribution in [0.15, 0.2) is 36.7 Å². The highest BCUT2D eigenvalue weighted by Crippen LogP contribution is 2.14. The number of nitrogens with two attached hydrogens (primary N) is 1. The topological polar surface area (TPSA) is 43.8 Å². The number of hydrogen-bond acceptors (Lipinski definition) is 2. The van der Waals surface area contributed by atoms with E-state index in [2.05, 4.69) is 4.98 Å². The third-order valence-electron chi connectivity index (χ3n) is 2.20. The van der Waals surface area contributed by atoms with Gasteiger partial charge in [-0.2, -0.15) is 0 Å². The van der Waals surface area contributed by atoms with Crippen LogP contribution >= 0.6 is 0 Å². The Hall–Kier alpha value is -1.68. The average Bonchev–Trinajstić information content (AvgIpc) is 2.67. The second-order valence-electron chi connectivity index (χ2n) is 3.20. The van der Waals surface area contributed by atoms with E-state index in [9.17, 15) is 4.39 Å². The highest BCUT2D eigenvalue weighted by molar-refractivity contribution is 5.34. The summed E-state index contributed by atoms with van der Waals surface area (Å²) in [6, 6.07) is 6.61. The summed E-state index contributed by atoms with van der Waals surface area (Å²) in [6.45, 7) is 0.505. The van der Waals surface area contributed by atoms with Crippen LogP contribution in [0.1, 0.15) is 5.82 Å². The van der Waals surface area contributed by atoms with Crippen molar-refractivity contribution in [3.8, 4) is 5.69 Å². The highest BCUT2D eigenvalue weighted by atomic mass is 19.1. The molecule has 0 bridgehead atoms. The first-order chi connectivity index (χ1) is 7.33. The summed E-state index contributed by atoms with van der Waals surface area (Å²) in [4.78, 5) is 4.14. The van der Waals surface area contributed by atoms with E-state index in [-0.39, 0.29) is 5.82 Å². The van der Waals surface area contributed by atoms with E-state index < -0.39 is 0 Å². The van der Waals surface area contributed by atoms with E-state index >= 15 is 0 Å². The molecule has 0 saturated heterocycles. The number of nitrogens with zero attached hydrogens (tertiary/aromatic N) is 2. The number of benzene rings is 1. The molecule has 0 atom stereocenters. The fourth-order valence-electron chi connectivity index (χ4n) is 1.51. The number of rotatable bonds is 3. The van der Waals surface area contributed by atoms with Gasteiger partial charge < -0.3 is 10.3 Å². The Morgan fingerprint density at radius 1 is 1.33 bits per heavy atom. The molecule has 0 radical (unpaired) electrons. The van der Waals surface area contributed by atoms with Gasteiger partial charge in [-0.05, 0) is 18.7 Å². The smallest absolute Gasteiger partial charge is 0.147 e. The van der Waals surface area contributed by atoms with Gasteiger partial charge in [-0.15, -0.1) is 0 Å². The highest BCUT2D eigenvalue weighted by Gasteiger charge is 2.07. The number of aromatic nitrogens is 2. The van der Waals surface area contributed by atoms with Crippen molar-refractivity contribution in [2.45, 2.75) is 6.42 Å². The van der Waals surface area contributed by atoms with Gasteiger partial charge in [0.25, 0.3) is 0 Å². The van der Waals surface area contributed by atoms with Gasteiger partial charge >= 0.3 is 0 Å². The lowest BCUT2D eigenvalue weighted by molar-refractivity contribution is 0.614. The molecule has 15 heavy (non-hydrogen) atoms. The molecule has 2 N–H and O–H groups in total. The van der Waals surface area contributed by atoms with E-state index in [1.165, 1.54) is 6.07 Å². The van der Waals surface area contributed by atoms with Crippen molar-refractivity contribution in [1.82, 2.24) is 9.55 Å². The van der Waals surface area contributed by atoms with Gasteiger partial charge in [0.15, 0.2) is 0 Å². The van der Waals surface area contributed by atoms with E-state index in [0.717, 1.165) is 5.82 Å². The van der Waals surface area contributed by atoms with Crippen LogP contribution in [0.5, 0.6) is 0 Å². The Balaban J connectivity index is 2.45. The van der Waals surface area contributed by atoms with Crippen molar-refractivity contribution in [3.63, 3.8) is 0 Å². The second kappa shape index (κ2) is 4.23. The minimum atomic E-state index is -0.256. The molecule has 0 amide bonds. The standard InChI is InChI=1S/C11H12FN3/c12-9-3-1-2-4-10(9)15-8-7-14-11(15)5-6-13/h1-4,7-8H,5-6,13H2. The van der Waals surface area contributed by atoms with Crippen molar-refractivity contribution in [3.05, 3.63) is 48.3 Å².